The fourth-order valence-corrected chi connectivity index (χ4v) is 1.85. The third-order valence-corrected chi connectivity index (χ3v) is 2.36. The smallest absolute Gasteiger partial charge is 0.319 e. The van der Waals surface area contributed by atoms with Crippen molar-refractivity contribution in [2.75, 3.05) is 17.6 Å². The first kappa shape index (κ1) is 11.8. The van der Waals surface area contributed by atoms with Gasteiger partial charge in [-0.3, -0.25) is 0 Å². The zero-order chi connectivity index (χ0) is 11.4. The molecule has 82 valence electrons. The molecule has 1 aromatic carbocycles. The van der Waals surface area contributed by atoms with E-state index in [0.717, 1.165) is 10.0 Å². The van der Waals surface area contributed by atoms with Crippen LogP contribution in [-0.2, 0) is 0 Å². The lowest BCUT2D eigenvalue weighted by molar-refractivity contribution is 0.252. The molecule has 0 saturated carbocycles. The molecule has 0 fully saturated rings. The molecule has 0 aliphatic rings. The molecule has 0 aliphatic heterocycles. The lowest BCUT2D eigenvalue weighted by Gasteiger charge is -2.12. The van der Waals surface area contributed by atoms with Crippen molar-refractivity contribution in [2.45, 2.75) is 13.8 Å². The highest BCUT2D eigenvalue weighted by atomic mass is 79.9. The molecule has 1 aromatic rings. The summed E-state index contributed by atoms with van der Waals surface area (Å²) in [6.45, 7) is 4.33. The average molecular weight is 272 g/mol. The molecule has 4 N–H and O–H groups in total. The van der Waals surface area contributed by atoms with Gasteiger partial charge in [0.05, 0.1) is 11.4 Å². The summed E-state index contributed by atoms with van der Waals surface area (Å²) in [5.41, 5.74) is 7.92. The van der Waals surface area contributed by atoms with Gasteiger partial charge in [0.25, 0.3) is 0 Å². The van der Waals surface area contributed by atoms with Crippen LogP contribution in [0.5, 0.6) is 0 Å². The van der Waals surface area contributed by atoms with Gasteiger partial charge < -0.3 is 16.4 Å². The van der Waals surface area contributed by atoms with Crippen molar-refractivity contribution in [2.24, 2.45) is 0 Å². The highest BCUT2D eigenvalue weighted by molar-refractivity contribution is 9.10. The van der Waals surface area contributed by atoms with E-state index in [1.807, 2.05) is 19.9 Å². The number of aryl methyl sites for hydroxylation is 1. The summed E-state index contributed by atoms with van der Waals surface area (Å²) >= 11 is 3.34. The summed E-state index contributed by atoms with van der Waals surface area (Å²) in [7, 11) is 0. The SMILES string of the molecule is CCNC(=O)Nc1c(C)cc(Br)cc1N. The maximum absolute atomic E-state index is 11.3. The Morgan fingerprint density at radius 2 is 2.20 bits per heavy atom. The quantitative estimate of drug-likeness (QED) is 0.724. The Labute approximate surface area is 97.4 Å². The number of rotatable bonds is 2. The van der Waals surface area contributed by atoms with Gasteiger partial charge >= 0.3 is 6.03 Å². The summed E-state index contributed by atoms with van der Waals surface area (Å²) in [6, 6.07) is 3.42. The molecule has 2 amide bonds. The summed E-state index contributed by atoms with van der Waals surface area (Å²) in [5, 5.41) is 5.36. The second-order valence-corrected chi connectivity index (χ2v) is 4.09. The monoisotopic (exact) mass is 271 g/mol. The van der Waals surface area contributed by atoms with Crippen LogP contribution in [0.2, 0.25) is 0 Å². The minimum atomic E-state index is -0.241. The molecule has 1 rings (SSSR count). The maximum atomic E-state index is 11.3. The van der Waals surface area contributed by atoms with Crippen LogP contribution in [0.1, 0.15) is 12.5 Å². The number of halogens is 1. The number of hydrogen-bond acceptors (Lipinski definition) is 2. The number of nitrogens with one attached hydrogen (secondary N) is 2. The Morgan fingerprint density at radius 3 is 2.73 bits per heavy atom. The van der Waals surface area contributed by atoms with Crippen LogP contribution >= 0.6 is 15.9 Å². The minimum Gasteiger partial charge on any atom is -0.397 e. The molecule has 4 nitrogen and oxygen atoms in total. The van der Waals surface area contributed by atoms with E-state index in [1.165, 1.54) is 0 Å². The van der Waals surface area contributed by atoms with Crippen molar-refractivity contribution in [1.29, 1.82) is 0 Å². The average Bonchev–Trinajstić information content (AvgIpc) is 2.11. The number of amides is 2. The molecule has 0 atom stereocenters. The number of hydrogen-bond donors (Lipinski definition) is 3. The fraction of sp³-hybridized carbons (Fsp3) is 0.300. The lowest BCUT2D eigenvalue weighted by atomic mass is 10.2. The van der Waals surface area contributed by atoms with Gasteiger partial charge in [-0.1, -0.05) is 15.9 Å². The van der Waals surface area contributed by atoms with Crippen LogP contribution in [-0.4, -0.2) is 12.6 Å². The molecule has 0 heterocycles. The highest BCUT2D eigenvalue weighted by Crippen LogP contribution is 2.27. The molecule has 0 aliphatic carbocycles. The zero-order valence-corrected chi connectivity index (χ0v) is 10.3. The van der Waals surface area contributed by atoms with E-state index in [4.69, 9.17) is 5.73 Å². The topological polar surface area (TPSA) is 67.2 Å². The molecule has 0 unspecified atom stereocenters. The highest BCUT2D eigenvalue weighted by Gasteiger charge is 2.07. The second-order valence-electron chi connectivity index (χ2n) is 3.17. The molecule has 0 aromatic heterocycles. The number of anilines is 2. The van der Waals surface area contributed by atoms with E-state index >= 15 is 0 Å². The number of carbonyl (C=O) groups is 1. The first-order valence-corrected chi connectivity index (χ1v) is 5.44. The summed E-state index contributed by atoms with van der Waals surface area (Å²) in [6.07, 6.45) is 0. The van der Waals surface area contributed by atoms with Gasteiger partial charge in [-0.05, 0) is 31.5 Å². The second kappa shape index (κ2) is 5.02. The molecule has 0 radical (unpaired) electrons. The minimum absolute atomic E-state index is 0.241. The predicted octanol–water partition coefficient (Wildman–Crippen LogP) is 2.48. The zero-order valence-electron chi connectivity index (χ0n) is 8.73. The van der Waals surface area contributed by atoms with Crippen molar-refractivity contribution < 1.29 is 4.79 Å². The van der Waals surface area contributed by atoms with E-state index in [1.54, 1.807) is 6.07 Å². The van der Waals surface area contributed by atoms with Crippen LogP contribution in [0.15, 0.2) is 16.6 Å². The van der Waals surface area contributed by atoms with Crippen LogP contribution in [0.4, 0.5) is 16.2 Å². The summed E-state index contributed by atoms with van der Waals surface area (Å²) in [4.78, 5) is 11.3. The normalized spacial score (nSPS) is 9.80. The number of nitrogens with two attached hydrogens (primary N) is 1. The molecule has 0 spiro atoms. The molecule has 0 bridgehead atoms. The van der Waals surface area contributed by atoms with Gasteiger partial charge in [-0.2, -0.15) is 0 Å². The first-order valence-electron chi connectivity index (χ1n) is 4.65. The Hall–Kier alpha value is -1.23. The standard InChI is InChI=1S/C10H14BrN3O/c1-3-13-10(15)14-9-6(2)4-7(11)5-8(9)12/h4-5H,3,12H2,1-2H3,(H2,13,14,15). The third kappa shape index (κ3) is 3.13. The summed E-state index contributed by atoms with van der Waals surface area (Å²) < 4.78 is 0.902. The summed E-state index contributed by atoms with van der Waals surface area (Å²) in [5.74, 6) is 0. The molecule has 0 saturated heterocycles. The Balaban J connectivity index is 2.90. The largest absolute Gasteiger partial charge is 0.397 e. The number of benzene rings is 1. The van der Waals surface area contributed by atoms with E-state index in [-0.39, 0.29) is 6.03 Å². The van der Waals surface area contributed by atoms with Gasteiger partial charge in [0.2, 0.25) is 0 Å². The lowest BCUT2D eigenvalue weighted by Crippen LogP contribution is -2.28. The van der Waals surface area contributed by atoms with E-state index in [0.29, 0.717) is 17.9 Å². The van der Waals surface area contributed by atoms with Crippen molar-refractivity contribution in [3.63, 3.8) is 0 Å². The molecular weight excluding hydrogens is 258 g/mol. The van der Waals surface area contributed by atoms with Gasteiger partial charge in [-0.25, -0.2) is 4.79 Å². The Bertz CT molecular complexity index is 356. The Morgan fingerprint density at radius 1 is 1.53 bits per heavy atom. The van der Waals surface area contributed by atoms with E-state index in [2.05, 4.69) is 26.6 Å². The maximum Gasteiger partial charge on any atom is 0.319 e. The van der Waals surface area contributed by atoms with Gasteiger partial charge in [-0.15, -0.1) is 0 Å². The van der Waals surface area contributed by atoms with Gasteiger partial charge in [0, 0.05) is 11.0 Å². The predicted molar refractivity (Wildman–Crippen MR) is 66.0 cm³/mol. The van der Waals surface area contributed by atoms with Crippen LogP contribution < -0.4 is 16.4 Å². The first-order chi connectivity index (χ1) is 7.04. The number of urea groups is 1. The van der Waals surface area contributed by atoms with Crippen molar-refractivity contribution in [3.05, 3.63) is 22.2 Å². The van der Waals surface area contributed by atoms with Crippen molar-refractivity contribution in [3.8, 4) is 0 Å². The molecular formula is C10H14BrN3O. The fourth-order valence-electron chi connectivity index (χ4n) is 1.26. The molecule has 5 heteroatoms. The number of carbonyl (C=O) groups excluding carboxylic acids is 1. The van der Waals surface area contributed by atoms with Gasteiger partial charge in [0.15, 0.2) is 0 Å². The van der Waals surface area contributed by atoms with E-state index < -0.39 is 0 Å². The van der Waals surface area contributed by atoms with Crippen LogP contribution in [0, 0.1) is 6.92 Å². The van der Waals surface area contributed by atoms with Crippen molar-refractivity contribution >= 4 is 33.3 Å². The number of nitrogen functional groups attached to an aromatic ring is 1. The van der Waals surface area contributed by atoms with Crippen LogP contribution in [0.3, 0.4) is 0 Å². The van der Waals surface area contributed by atoms with Crippen LogP contribution in [0.25, 0.3) is 0 Å². The van der Waals surface area contributed by atoms with E-state index in [9.17, 15) is 4.79 Å². The molecule has 15 heavy (non-hydrogen) atoms. The van der Waals surface area contributed by atoms with Gasteiger partial charge in [0.1, 0.15) is 0 Å². The third-order valence-electron chi connectivity index (χ3n) is 1.91. The van der Waals surface area contributed by atoms with Crippen molar-refractivity contribution in [1.82, 2.24) is 5.32 Å². The Kier molecular flexibility index (Phi) is 3.96.